The van der Waals surface area contributed by atoms with Crippen molar-refractivity contribution in [2.75, 3.05) is 23.7 Å². The first kappa shape index (κ1) is 26.5. The van der Waals surface area contributed by atoms with E-state index in [0.717, 1.165) is 46.8 Å². The van der Waals surface area contributed by atoms with Crippen molar-refractivity contribution in [2.45, 2.75) is 17.1 Å². The minimum Gasteiger partial charge on any atom is -0.339 e. The Bertz CT molecular complexity index is 1710. The summed E-state index contributed by atoms with van der Waals surface area (Å²) in [5.74, 6) is 1.93. The van der Waals surface area contributed by atoms with E-state index in [1.807, 2.05) is 18.0 Å². The molecule has 6 heteroatoms. The minimum absolute atomic E-state index is 0.721. The maximum atomic E-state index is 5.67. The van der Waals surface area contributed by atoms with Gasteiger partial charge in [0.2, 0.25) is 0 Å². The van der Waals surface area contributed by atoms with Crippen LogP contribution in [0.25, 0.3) is 44.2 Å². The highest BCUT2D eigenvalue weighted by atomic mass is 32.2. The molecule has 0 spiro atoms. The second-order valence-corrected chi connectivity index (χ2v) is 12.0. The van der Waals surface area contributed by atoms with Crippen LogP contribution in [0.15, 0.2) is 114 Å². The molecule has 200 valence electrons. The maximum absolute atomic E-state index is 5.67. The number of hydrogen-bond acceptors (Lipinski definition) is 5. The lowest BCUT2D eigenvalue weighted by Crippen LogP contribution is -2.09. The fourth-order valence-electron chi connectivity index (χ4n) is 5.01. The van der Waals surface area contributed by atoms with Crippen LogP contribution in [0.2, 0.25) is 0 Å². The number of aromatic nitrogens is 2. The van der Waals surface area contributed by atoms with Gasteiger partial charge in [-0.1, -0.05) is 78.7 Å². The Morgan fingerprint density at radius 2 is 1.60 bits per heavy atom. The molecule has 0 aliphatic rings. The largest absolute Gasteiger partial charge is 0.339 e. The van der Waals surface area contributed by atoms with E-state index >= 15 is 0 Å². The van der Waals surface area contributed by atoms with Crippen molar-refractivity contribution in [2.24, 2.45) is 5.73 Å². The van der Waals surface area contributed by atoms with Crippen LogP contribution in [-0.2, 0) is 5.75 Å². The Labute approximate surface area is 244 Å². The Morgan fingerprint density at radius 1 is 0.850 bits per heavy atom. The zero-order valence-electron chi connectivity index (χ0n) is 22.5. The number of nitrogens with two attached hydrogens (primary N) is 1. The molecule has 0 amide bonds. The van der Waals surface area contributed by atoms with E-state index < -0.39 is 0 Å². The standard InChI is InChI=1S/C34H32N4S2/c1-38(40-20-8-19-35)27-16-14-25(15-17-27)30-22-36-34-33(32(30)26-9-4-2-5-10-26)29-21-24(13-18-31(29)37-34)23-39-28-11-6-3-7-12-28/h2-7,9-18,21-22H,8,19-20,23,35H2,1H3,(H,36,37). The topological polar surface area (TPSA) is 57.9 Å². The van der Waals surface area contributed by atoms with Gasteiger partial charge in [0.1, 0.15) is 5.65 Å². The van der Waals surface area contributed by atoms with Gasteiger partial charge in [0.15, 0.2) is 0 Å². The summed E-state index contributed by atoms with van der Waals surface area (Å²) >= 11 is 3.66. The molecular formula is C34H32N4S2. The smallest absolute Gasteiger partial charge is 0.138 e. The number of pyridine rings is 1. The lowest BCUT2D eigenvalue weighted by Gasteiger charge is -2.18. The first-order chi connectivity index (χ1) is 19.7. The number of benzene rings is 4. The van der Waals surface area contributed by atoms with Gasteiger partial charge in [0.05, 0.1) is 0 Å². The lowest BCUT2D eigenvalue weighted by atomic mass is 9.92. The highest BCUT2D eigenvalue weighted by molar-refractivity contribution is 8.00. The van der Waals surface area contributed by atoms with E-state index in [9.17, 15) is 0 Å². The quantitative estimate of drug-likeness (QED) is 0.0996. The van der Waals surface area contributed by atoms with Gasteiger partial charge in [-0.05, 0) is 66.1 Å². The molecule has 0 atom stereocenters. The van der Waals surface area contributed by atoms with Crippen molar-refractivity contribution < 1.29 is 0 Å². The van der Waals surface area contributed by atoms with Crippen LogP contribution in [0.4, 0.5) is 5.69 Å². The Balaban J connectivity index is 1.43. The van der Waals surface area contributed by atoms with Crippen LogP contribution in [0.5, 0.6) is 0 Å². The summed E-state index contributed by atoms with van der Waals surface area (Å²) in [6.45, 7) is 0.721. The van der Waals surface area contributed by atoms with E-state index in [-0.39, 0.29) is 0 Å². The van der Waals surface area contributed by atoms with Gasteiger partial charge >= 0.3 is 0 Å². The summed E-state index contributed by atoms with van der Waals surface area (Å²) in [5, 5.41) is 2.38. The zero-order valence-corrected chi connectivity index (χ0v) is 24.1. The first-order valence-electron chi connectivity index (χ1n) is 13.5. The molecule has 0 unspecified atom stereocenters. The minimum atomic E-state index is 0.721. The number of fused-ring (bicyclic) bond motifs is 3. The predicted octanol–water partition coefficient (Wildman–Crippen LogP) is 8.78. The molecule has 0 saturated heterocycles. The molecule has 4 nitrogen and oxygen atoms in total. The summed E-state index contributed by atoms with van der Waals surface area (Å²) in [5.41, 5.74) is 14.9. The second-order valence-electron chi connectivity index (χ2n) is 9.76. The van der Waals surface area contributed by atoms with E-state index in [0.29, 0.717) is 0 Å². The molecule has 6 rings (SSSR count). The lowest BCUT2D eigenvalue weighted by molar-refractivity contribution is 0.942. The number of aromatic amines is 1. The highest BCUT2D eigenvalue weighted by Crippen LogP contribution is 2.41. The van der Waals surface area contributed by atoms with Crippen LogP contribution in [-0.4, -0.2) is 29.3 Å². The molecule has 40 heavy (non-hydrogen) atoms. The van der Waals surface area contributed by atoms with Crippen LogP contribution >= 0.6 is 23.7 Å². The number of H-pyrrole nitrogens is 1. The van der Waals surface area contributed by atoms with E-state index in [1.165, 1.54) is 38.0 Å². The third kappa shape index (κ3) is 5.61. The Kier molecular flexibility index (Phi) is 8.09. The van der Waals surface area contributed by atoms with Gasteiger partial charge in [-0.3, -0.25) is 0 Å². The number of hydrogen-bond donors (Lipinski definition) is 2. The predicted molar refractivity (Wildman–Crippen MR) is 175 cm³/mol. The van der Waals surface area contributed by atoms with Crippen LogP contribution in [0, 0.1) is 0 Å². The average molecular weight is 561 g/mol. The fourth-order valence-corrected chi connectivity index (χ4v) is 6.71. The summed E-state index contributed by atoms with van der Waals surface area (Å²) in [7, 11) is 2.11. The molecule has 4 aromatic carbocycles. The number of nitrogens with zero attached hydrogens (tertiary/aromatic N) is 2. The van der Waals surface area contributed by atoms with Crippen LogP contribution in [0.3, 0.4) is 0 Å². The van der Waals surface area contributed by atoms with Gasteiger partial charge in [-0.2, -0.15) is 0 Å². The number of rotatable bonds is 10. The van der Waals surface area contributed by atoms with E-state index in [4.69, 9.17) is 10.7 Å². The van der Waals surface area contributed by atoms with Crippen molar-refractivity contribution in [1.82, 2.24) is 9.97 Å². The van der Waals surface area contributed by atoms with Gasteiger partial charge in [0.25, 0.3) is 0 Å². The van der Waals surface area contributed by atoms with Crippen LogP contribution < -0.4 is 10.0 Å². The normalized spacial score (nSPS) is 11.3. The molecule has 3 N–H and O–H groups in total. The van der Waals surface area contributed by atoms with Crippen molar-refractivity contribution in [3.8, 4) is 22.3 Å². The third-order valence-electron chi connectivity index (χ3n) is 7.07. The van der Waals surface area contributed by atoms with Crippen molar-refractivity contribution in [3.05, 3.63) is 115 Å². The molecule has 6 aromatic rings. The van der Waals surface area contributed by atoms with Gasteiger partial charge in [0, 0.05) is 62.7 Å². The van der Waals surface area contributed by atoms with Crippen LogP contribution in [0.1, 0.15) is 12.0 Å². The number of anilines is 1. The Hall–Kier alpha value is -3.71. The van der Waals surface area contributed by atoms with Crippen molar-refractivity contribution >= 4 is 51.3 Å². The molecule has 0 fully saturated rings. The molecule has 0 aliphatic heterocycles. The maximum Gasteiger partial charge on any atom is 0.138 e. The molecule has 0 bridgehead atoms. The second kappa shape index (κ2) is 12.2. The van der Waals surface area contributed by atoms with Gasteiger partial charge in [-0.15, -0.1) is 11.8 Å². The SMILES string of the molecule is CN(SCCCN)c1ccc(-c2cnc3[nH]c4ccc(CSc5ccccc5)cc4c3c2-c2ccccc2)cc1. The average Bonchev–Trinajstić information content (AvgIpc) is 3.39. The first-order valence-corrected chi connectivity index (χ1v) is 15.5. The molecule has 0 radical (unpaired) electrons. The third-order valence-corrected chi connectivity index (χ3v) is 9.22. The number of nitrogens with one attached hydrogen (secondary N) is 1. The molecular weight excluding hydrogens is 529 g/mol. The molecule has 2 heterocycles. The van der Waals surface area contributed by atoms with Gasteiger partial charge < -0.3 is 15.0 Å². The number of thioether (sulfide) groups is 1. The summed E-state index contributed by atoms with van der Waals surface area (Å²) in [6.07, 6.45) is 3.03. The zero-order chi connectivity index (χ0) is 27.3. The molecule has 2 aromatic heterocycles. The van der Waals surface area contributed by atoms with Crippen molar-refractivity contribution in [3.63, 3.8) is 0 Å². The van der Waals surface area contributed by atoms with E-state index in [1.54, 1.807) is 11.9 Å². The fraction of sp³-hybridized carbons (Fsp3) is 0.147. The summed E-state index contributed by atoms with van der Waals surface area (Å²) in [6, 6.07) is 36.8. The summed E-state index contributed by atoms with van der Waals surface area (Å²) in [4.78, 5) is 9.78. The highest BCUT2D eigenvalue weighted by Gasteiger charge is 2.18. The summed E-state index contributed by atoms with van der Waals surface area (Å²) < 4.78 is 2.22. The molecule has 0 saturated carbocycles. The molecule has 0 aliphatic carbocycles. The van der Waals surface area contributed by atoms with E-state index in [2.05, 4.69) is 119 Å². The van der Waals surface area contributed by atoms with Crippen molar-refractivity contribution in [1.29, 1.82) is 0 Å². The Morgan fingerprint density at radius 3 is 2.35 bits per heavy atom. The monoisotopic (exact) mass is 560 g/mol. The van der Waals surface area contributed by atoms with Gasteiger partial charge in [-0.25, -0.2) is 4.98 Å².